The molecular weight excluding hydrogens is 298 g/mol. The molecule has 114 valence electrons. The quantitative estimate of drug-likeness (QED) is 0.672. The van der Waals surface area contributed by atoms with Gasteiger partial charge in [0.25, 0.3) is 0 Å². The van der Waals surface area contributed by atoms with E-state index in [4.69, 9.17) is 4.74 Å². The maximum absolute atomic E-state index is 12.2. The Morgan fingerprint density at radius 3 is 2.59 bits per heavy atom. The molecule has 0 bridgehead atoms. The number of rotatable bonds is 5. The maximum atomic E-state index is 12.2. The van der Waals surface area contributed by atoms with Crippen LogP contribution in [0.25, 0.3) is 6.08 Å². The molecule has 1 N–H and O–H groups in total. The summed E-state index contributed by atoms with van der Waals surface area (Å²) < 4.78 is 5.17. The van der Waals surface area contributed by atoms with Gasteiger partial charge in [-0.3, -0.25) is 9.59 Å². The number of allylic oxidation sites excluding steroid dienone is 1. The summed E-state index contributed by atoms with van der Waals surface area (Å²) in [5.74, 6) is 0.178. The average Bonchev–Trinajstić information content (AvgIpc) is 2.89. The average molecular weight is 315 g/mol. The number of ether oxygens (including phenoxy) is 1. The molecule has 0 aliphatic rings. The van der Waals surface area contributed by atoms with Crippen LogP contribution in [0.4, 0.5) is 5.69 Å². The Labute approximate surface area is 133 Å². The van der Waals surface area contributed by atoms with E-state index in [1.807, 2.05) is 19.1 Å². The molecule has 1 heterocycles. The Balaban J connectivity index is 2.22. The molecule has 0 spiro atoms. The number of nitrogens with one attached hydrogen (secondary N) is 1. The lowest BCUT2D eigenvalue weighted by atomic mass is 10.1. The third-order valence-electron chi connectivity index (χ3n) is 2.95. The van der Waals surface area contributed by atoms with Gasteiger partial charge < -0.3 is 10.1 Å². The second-order valence-corrected chi connectivity index (χ2v) is 6.06. The van der Waals surface area contributed by atoms with Crippen molar-refractivity contribution in [3.8, 4) is 5.75 Å². The fourth-order valence-corrected chi connectivity index (χ4v) is 2.73. The van der Waals surface area contributed by atoms with Crippen LogP contribution < -0.4 is 10.1 Å². The van der Waals surface area contributed by atoms with Crippen molar-refractivity contribution < 1.29 is 14.3 Å². The number of hydrogen-bond acceptors (Lipinski definition) is 4. The minimum atomic E-state index is -0.215. The SMILES string of the molecule is COc1ccc(C(=O)/C=C/c2ccc(C)s2)cc1NC(C)=O. The number of methoxy groups -OCH3 is 1. The highest BCUT2D eigenvalue weighted by Crippen LogP contribution is 2.26. The molecule has 0 saturated carbocycles. The van der Waals surface area contributed by atoms with E-state index in [0.29, 0.717) is 17.0 Å². The molecule has 2 rings (SSSR count). The first-order valence-corrected chi connectivity index (χ1v) is 7.55. The predicted molar refractivity (Wildman–Crippen MR) is 89.7 cm³/mol. The predicted octanol–water partition coefficient (Wildman–Crippen LogP) is 3.92. The summed E-state index contributed by atoms with van der Waals surface area (Å²) in [7, 11) is 1.52. The van der Waals surface area contributed by atoms with Crippen LogP contribution in [0.3, 0.4) is 0 Å². The van der Waals surface area contributed by atoms with Gasteiger partial charge in [-0.05, 0) is 49.4 Å². The lowest BCUT2D eigenvalue weighted by Gasteiger charge is -2.09. The first-order valence-electron chi connectivity index (χ1n) is 6.74. The first kappa shape index (κ1) is 16.0. The van der Waals surface area contributed by atoms with Crippen LogP contribution >= 0.6 is 11.3 Å². The Bertz CT molecular complexity index is 731. The van der Waals surface area contributed by atoms with Gasteiger partial charge in [-0.15, -0.1) is 11.3 Å². The highest BCUT2D eigenvalue weighted by Gasteiger charge is 2.09. The second-order valence-electron chi connectivity index (χ2n) is 4.74. The van der Waals surface area contributed by atoms with Gasteiger partial charge in [-0.1, -0.05) is 0 Å². The molecule has 0 fully saturated rings. The van der Waals surface area contributed by atoms with Gasteiger partial charge in [-0.2, -0.15) is 0 Å². The van der Waals surface area contributed by atoms with E-state index >= 15 is 0 Å². The van der Waals surface area contributed by atoms with E-state index in [0.717, 1.165) is 4.88 Å². The smallest absolute Gasteiger partial charge is 0.221 e. The van der Waals surface area contributed by atoms with Crippen LogP contribution in [-0.2, 0) is 4.79 Å². The van der Waals surface area contributed by atoms with Crippen LogP contribution in [0.5, 0.6) is 5.75 Å². The number of benzene rings is 1. The number of anilines is 1. The molecule has 22 heavy (non-hydrogen) atoms. The Morgan fingerprint density at radius 1 is 1.23 bits per heavy atom. The van der Waals surface area contributed by atoms with Crippen molar-refractivity contribution in [3.05, 3.63) is 51.7 Å². The van der Waals surface area contributed by atoms with Crippen LogP contribution in [0.1, 0.15) is 27.0 Å². The standard InChI is InChI=1S/C17H17NO3S/c1-11-4-6-14(22-11)7-8-16(20)13-5-9-17(21-3)15(10-13)18-12(2)19/h4-10H,1-3H3,(H,18,19)/b8-7+. The highest BCUT2D eigenvalue weighted by atomic mass is 32.1. The van der Waals surface area contributed by atoms with Crippen LogP contribution in [0.15, 0.2) is 36.4 Å². The van der Waals surface area contributed by atoms with Gasteiger partial charge in [-0.25, -0.2) is 0 Å². The number of thiophene rings is 1. The lowest BCUT2D eigenvalue weighted by molar-refractivity contribution is -0.114. The summed E-state index contributed by atoms with van der Waals surface area (Å²) in [6.07, 6.45) is 3.33. The molecular formula is C17H17NO3S. The number of amides is 1. The molecule has 1 aromatic heterocycles. The monoisotopic (exact) mass is 315 g/mol. The summed E-state index contributed by atoms with van der Waals surface area (Å²) in [5, 5.41) is 2.66. The molecule has 0 radical (unpaired) electrons. The number of hydrogen-bond donors (Lipinski definition) is 1. The number of carbonyl (C=O) groups is 2. The summed E-state index contributed by atoms with van der Waals surface area (Å²) in [6.45, 7) is 3.43. The van der Waals surface area contributed by atoms with E-state index in [1.54, 1.807) is 35.6 Å². The van der Waals surface area contributed by atoms with Gasteiger partial charge in [0.2, 0.25) is 5.91 Å². The highest BCUT2D eigenvalue weighted by molar-refractivity contribution is 7.12. The fourth-order valence-electron chi connectivity index (χ4n) is 1.95. The second kappa shape index (κ2) is 7.04. The number of ketones is 1. The van der Waals surface area contributed by atoms with Crippen molar-refractivity contribution in [3.63, 3.8) is 0 Å². The molecule has 1 amide bonds. The summed E-state index contributed by atoms with van der Waals surface area (Å²) in [4.78, 5) is 25.7. The number of aryl methyl sites for hydroxylation is 1. The number of carbonyl (C=O) groups excluding carboxylic acids is 2. The van der Waals surface area contributed by atoms with Gasteiger partial charge in [0.1, 0.15) is 5.75 Å². The largest absolute Gasteiger partial charge is 0.495 e. The molecule has 5 heteroatoms. The third-order valence-corrected chi connectivity index (χ3v) is 3.92. The van der Waals surface area contributed by atoms with Crippen LogP contribution in [-0.4, -0.2) is 18.8 Å². The van der Waals surface area contributed by atoms with Gasteiger partial charge in [0, 0.05) is 22.2 Å². The van der Waals surface area contributed by atoms with Crippen molar-refractivity contribution in [1.29, 1.82) is 0 Å². The minimum Gasteiger partial charge on any atom is -0.495 e. The molecule has 1 aromatic carbocycles. The summed E-state index contributed by atoms with van der Waals surface area (Å²) in [5.41, 5.74) is 0.982. The van der Waals surface area contributed by atoms with E-state index in [1.165, 1.54) is 25.0 Å². The summed E-state index contributed by atoms with van der Waals surface area (Å²) >= 11 is 1.63. The van der Waals surface area contributed by atoms with Crippen LogP contribution in [0, 0.1) is 6.92 Å². The van der Waals surface area contributed by atoms with Gasteiger partial charge in [0.15, 0.2) is 5.78 Å². The Morgan fingerprint density at radius 2 is 2.00 bits per heavy atom. The van der Waals surface area contributed by atoms with Crippen molar-refractivity contribution >= 4 is 34.8 Å². The van der Waals surface area contributed by atoms with Crippen molar-refractivity contribution in [2.45, 2.75) is 13.8 Å². The van der Waals surface area contributed by atoms with E-state index in [-0.39, 0.29) is 11.7 Å². The first-order chi connectivity index (χ1) is 10.5. The molecule has 0 aliphatic heterocycles. The topological polar surface area (TPSA) is 55.4 Å². The van der Waals surface area contributed by atoms with Gasteiger partial charge >= 0.3 is 0 Å². The molecule has 4 nitrogen and oxygen atoms in total. The van der Waals surface area contributed by atoms with E-state index < -0.39 is 0 Å². The molecule has 0 atom stereocenters. The zero-order valence-corrected chi connectivity index (χ0v) is 13.5. The maximum Gasteiger partial charge on any atom is 0.221 e. The molecule has 0 unspecified atom stereocenters. The zero-order valence-electron chi connectivity index (χ0n) is 12.7. The molecule has 0 saturated heterocycles. The third kappa shape index (κ3) is 4.05. The normalized spacial score (nSPS) is 10.7. The van der Waals surface area contributed by atoms with Crippen molar-refractivity contribution in [2.24, 2.45) is 0 Å². The lowest BCUT2D eigenvalue weighted by Crippen LogP contribution is -2.08. The van der Waals surface area contributed by atoms with Crippen molar-refractivity contribution in [1.82, 2.24) is 0 Å². The van der Waals surface area contributed by atoms with Crippen LogP contribution in [0.2, 0.25) is 0 Å². The van der Waals surface area contributed by atoms with Crippen molar-refractivity contribution in [2.75, 3.05) is 12.4 Å². The van der Waals surface area contributed by atoms with Gasteiger partial charge in [0.05, 0.1) is 12.8 Å². The molecule has 0 aliphatic carbocycles. The van der Waals surface area contributed by atoms with E-state index in [9.17, 15) is 9.59 Å². The van der Waals surface area contributed by atoms with E-state index in [2.05, 4.69) is 5.32 Å². The molecule has 2 aromatic rings. The Hall–Kier alpha value is -2.40. The minimum absolute atomic E-state index is 0.125. The summed E-state index contributed by atoms with van der Waals surface area (Å²) in [6, 6.07) is 8.95. The fraction of sp³-hybridized carbons (Fsp3) is 0.176. The Kier molecular flexibility index (Phi) is 5.12. The zero-order chi connectivity index (χ0) is 16.1.